The number of nitrogens with zero attached hydrogens (tertiary/aromatic N) is 1. The lowest BCUT2D eigenvalue weighted by Crippen LogP contribution is -2.37. The summed E-state index contributed by atoms with van der Waals surface area (Å²) < 4.78 is 0. The van der Waals surface area contributed by atoms with Gasteiger partial charge < -0.3 is 15.5 Å². The van der Waals surface area contributed by atoms with Crippen LogP contribution >= 0.6 is 0 Å². The Morgan fingerprint density at radius 1 is 1.67 bits per heavy atom. The second kappa shape index (κ2) is 4.42. The average molecular weight is 171 g/mol. The lowest BCUT2D eigenvalue weighted by molar-refractivity contribution is -0.124. The number of amides is 1. The Morgan fingerprint density at radius 2 is 2.42 bits per heavy atom. The van der Waals surface area contributed by atoms with Gasteiger partial charge in [0, 0.05) is 33.2 Å². The highest BCUT2D eigenvalue weighted by molar-refractivity contribution is 5.78. The Labute approximate surface area is 73.3 Å². The van der Waals surface area contributed by atoms with E-state index in [1.165, 1.54) is 0 Å². The van der Waals surface area contributed by atoms with E-state index in [9.17, 15) is 4.79 Å². The summed E-state index contributed by atoms with van der Waals surface area (Å²) in [6, 6.07) is 0. The number of hydrogen-bond donors (Lipinski definition) is 2. The molecule has 1 aliphatic heterocycles. The first-order valence-corrected chi connectivity index (χ1v) is 4.35. The summed E-state index contributed by atoms with van der Waals surface area (Å²) >= 11 is 0. The minimum atomic E-state index is 0.0995. The summed E-state index contributed by atoms with van der Waals surface area (Å²) in [5, 5.41) is 5.92. The molecule has 0 aromatic rings. The molecule has 12 heavy (non-hydrogen) atoms. The third-order valence-electron chi connectivity index (χ3n) is 2.21. The minimum Gasteiger partial charge on any atom is -0.359 e. The van der Waals surface area contributed by atoms with E-state index in [1.54, 1.807) is 7.05 Å². The van der Waals surface area contributed by atoms with Gasteiger partial charge in [-0.15, -0.1) is 0 Å². The van der Waals surface area contributed by atoms with Crippen molar-refractivity contribution in [3.05, 3.63) is 0 Å². The number of likely N-dealkylation sites (N-methyl/N-ethyl adjacent to an activating group) is 1. The largest absolute Gasteiger partial charge is 0.359 e. The van der Waals surface area contributed by atoms with Crippen LogP contribution in [0.5, 0.6) is 0 Å². The maximum Gasteiger partial charge on any atom is 0.225 e. The SMILES string of the molecule is CNC(=O)C1CNCCN(C)C1. The van der Waals surface area contributed by atoms with Gasteiger partial charge in [0.05, 0.1) is 5.92 Å². The van der Waals surface area contributed by atoms with E-state index in [0.717, 1.165) is 26.2 Å². The van der Waals surface area contributed by atoms with Gasteiger partial charge in [0.1, 0.15) is 0 Å². The van der Waals surface area contributed by atoms with E-state index in [-0.39, 0.29) is 11.8 Å². The maximum atomic E-state index is 11.3. The topological polar surface area (TPSA) is 44.4 Å². The van der Waals surface area contributed by atoms with E-state index in [4.69, 9.17) is 0 Å². The lowest BCUT2D eigenvalue weighted by Gasteiger charge is -2.17. The summed E-state index contributed by atoms with van der Waals surface area (Å²) in [4.78, 5) is 13.5. The quantitative estimate of drug-likeness (QED) is 0.525. The van der Waals surface area contributed by atoms with Crippen LogP contribution in [0.15, 0.2) is 0 Å². The molecule has 0 aromatic carbocycles. The molecule has 1 saturated heterocycles. The van der Waals surface area contributed by atoms with Crippen molar-refractivity contribution in [1.82, 2.24) is 15.5 Å². The van der Waals surface area contributed by atoms with Crippen LogP contribution in [0.25, 0.3) is 0 Å². The van der Waals surface area contributed by atoms with Crippen molar-refractivity contribution in [3.63, 3.8) is 0 Å². The van der Waals surface area contributed by atoms with Crippen molar-refractivity contribution in [2.45, 2.75) is 0 Å². The molecule has 1 heterocycles. The molecule has 2 N–H and O–H groups in total. The molecular formula is C8H17N3O. The normalized spacial score (nSPS) is 26.3. The second-order valence-electron chi connectivity index (χ2n) is 3.28. The summed E-state index contributed by atoms with van der Waals surface area (Å²) in [5.41, 5.74) is 0. The summed E-state index contributed by atoms with van der Waals surface area (Å²) in [6.45, 7) is 3.65. The first-order valence-electron chi connectivity index (χ1n) is 4.35. The summed E-state index contributed by atoms with van der Waals surface area (Å²) in [6.07, 6.45) is 0. The summed E-state index contributed by atoms with van der Waals surface area (Å²) in [7, 11) is 3.73. The molecule has 4 nitrogen and oxygen atoms in total. The zero-order valence-electron chi connectivity index (χ0n) is 7.76. The number of rotatable bonds is 1. The van der Waals surface area contributed by atoms with E-state index in [0.29, 0.717) is 0 Å². The smallest absolute Gasteiger partial charge is 0.225 e. The van der Waals surface area contributed by atoms with Crippen molar-refractivity contribution < 1.29 is 4.79 Å². The van der Waals surface area contributed by atoms with Gasteiger partial charge in [0.15, 0.2) is 0 Å². The highest BCUT2D eigenvalue weighted by Gasteiger charge is 2.20. The Morgan fingerprint density at radius 3 is 3.08 bits per heavy atom. The maximum absolute atomic E-state index is 11.3. The molecule has 0 spiro atoms. The lowest BCUT2D eigenvalue weighted by atomic mass is 10.1. The fourth-order valence-electron chi connectivity index (χ4n) is 1.46. The van der Waals surface area contributed by atoms with Gasteiger partial charge in [0.25, 0.3) is 0 Å². The molecule has 70 valence electrons. The van der Waals surface area contributed by atoms with Crippen LogP contribution in [0.3, 0.4) is 0 Å². The first-order chi connectivity index (χ1) is 5.74. The van der Waals surface area contributed by atoms with Crippen molar-refractivity contribution in [3.8, 4) is 0 Å². The fraction of sp³-hybridized carbons (Fsp3) is 0.875. The molecule has 0 aliphatic carbocycles. The average Bonchev–Trinajstić information content (AvgIpc) is 2.28. The molecule has 1 fully saturated rings. The molecule has 0 aromatic heterocycles. The van der Waals surface area contributed by atoms with Crippen molar-refractivity contribution in [2.75, 3.05) is 40.3 Å². The molecule has 1 aliphatic rings. The molecule has 0 radical (unpaired) electrons. The fourth-order valence-corrected chi connectivity index (χ4v) is 1.46. The number of nitrogens with one attached hydrogen (secondary N) is 2. The monoisotopic (exact) mass is 171 g/mol. The van der Waals surface area contributed by atoms with Crippen molar-refractivity contribution >= 4 is 5.91 Å². The third kappa shape index (κ3) is 2.46. The Hall–Kier alpha value is -0.610. The Balaban J connectivity index is 2.46. The summed E-state index contributed by atoms with van der Waals surface area (Å²) in [5.74, 6) is 0.235. The number of carbonyl (C=O) groups is 1. The van der Waals surface area contributed by atoms with Crippen LogP contribution in [-0.4, -0.2) is 51.1 Å². The van der Waals surface area contributed by atoms with Crippen LogP contribution < -0.4 is 10.6 Å². The van der Waals surface area contributed by atoms with Gasteiger partial charge in [-0.25, -0.2) is 0 Å². The minimum absolute atomic E-state index is 0.0995. The second-order valence-corrected chi connectivity index (χ2v) is 3.28. The van der Waals surface area contributed by atoms with Crippen LogP contribution in [-0.2, 0) is 4.79 Å². The Bertz CT molecular complexity index is 160. The van der Waals surface area contributed by atoms with E-state index >= 15 is 0 Å². The van der Waals surface area contributed by atoms with Gasteiger partial charge in [-0.1, -0.05) is 0 Å². The van der Waals surface area contributed by atoms with Crippen molar-refractivity contribution in [1.29, 1.82) is 0 Å². The van der Waals surface area contributed by atoms with Crippen LogP contribution in [0, 0.1) is 5.92 Å². The molecule has 0 saturated carbocycles. The number of carbonyl (C=O) groups excluding carboxylic acids is 1. The van der Waals surface area contributed by atoms with E-state index in [2.05, 4.69) is 15.5 Å². The van der Waals surface area contributed by atoms with Gasteiger partial charge >= 0.3 is 0 Å². The van der Waals surface area contributed by atoms with Gasteiger partial charge in [0.2, 0.25) is 5.91 Å². The molecule has 1 amide bonds. The highest BCUT2D eigenvalue weighted by Crippen LogP contribution is 2.01. The van der Waals surface area contributed by atoms with E-state index in [1.807, 2.05) is 7.05 Å². The molecule has 4 heteroatoms. The highest BCUT2D eigenvalue weighted by atomic mass is 16.1. The van der Waals surface area contributed by atoms with Gasteiger partial charge in [-0.05, 0) is 7.05 Å². The number of hydrogen-bond acceptors (Lipinski definition) is 3. The van der Waals surface area contributed by atoms with Crippen LogP contribution in [0.2, 0.25) is 0 Å². The van der Waals surface area contributed by atoms with E-state index < -0.39 is 0 Å². The van der Waals surface area contributed by atoms with Crippen molar-refractivity contribution in [2.24, 2.45) is 5.92 Å². The predicted molar refractivity (Wildman–Crippen MR) is 47.9 cm³/mol. The van der Waals surface area contributed by atoms with Gasteiger partial charge in [-0.3, -0.25) is 4.79 Å². The zero-order valence-corrected chi connectivity index (χ0v) is 7.76. The molecule has 1 unspecified atom stereocenters. The first kappa shape index (κ1) is 9.48. The van der Waals surface area contributed by atoms with Crippen LogP contribution in [0.1, 0.15) is 0 Å². The molecule has 1 atom stereocenters. The molecular weight excluding hydrogens is 154 g/mol. The Kier molecular flexibility index (Phi) is 3.49. The zero-order chi connectivity index (χ0) is 8.97. The molecule has 1 rings (SSSR count). The van der Waals surface area contributed by atoms with Gasteiger partial charge in [-0.2, -0.15) is 0 Å². The molecule has 0 bridgehead atoms. The van der Waals surface area contributed by atoms with Crippen LogP contribution in [0.4, 0.5) is 0 Å². The standard InChI is InChI=1S/C8H17N3O/c1-9-8(12)7-5-10-3-4-11(2)6-7/h7,10H,3-6H2,1-2H3,(H,9,12). The third-order valence-corrected chi connectivity index (χ3v) is 2.21. The predicted octanol–water partition coefficient (Wildman–Crippen LogP) is -1.12.